The van der Waals surface area contributed by atoms with Gasteiger partial charge in [0, 0.05) is 19.2 Å². The highest BCUT2D eigenvalue weighted by Crippen LogP contribution is 2.23. The van der Waals surface area contributed by atoms with Crippen LogP contribution in [0.1, 0.15) is 37.9 Å². The minimum Gasteiger partial charge on any atom is -0.370 e. The van der Waals surface area contributed by atoms with Crippen LogP contribution in [0.3, 0.4) is 0 Å². The number of unbranched alkanes of at least 4 members (excludes halogenated alkanes) is 1. The molecular weight excluding hydrogens is 188 g/mol. The Morgan fingerprint density at radius 3 is 3.27 bits per heavy atom. The molecule has 4 heteroatoms. The van der Waals surface area contributed by atoms with E-state index in [1.807, 2.05) is 0 Å². The Morgan fingerprint density at radius 2 is 2.53 bits per heavy atom. The molecule has 0 amide bonds. The molecular formula is C11H20N4. The van der Waals surface area contributed by atoms with E-state index in [0.717, 1.165) is 25.2 Å². The van der Waals surface area contributed by atoms with Crippen LogP contribution in [0.25, 0.3) is 0 Å². The molecule has 1 aliphatic rings. The van der Waals surface area contributed by atoms with E-state index in [-0.39, 0.29) is 0 Å². The van der Waals surface area contributed by atoms with Crippen LogP contribution in [-0.4, -0.2) is 22.9 Å². The van der Waals surface area contributed by atoms with Crippen molar-refractivity contribution in [3.63, 3.8) is 0 Å². The Bertz CT molecular complexity index is 318. The Balaban J connectivity index is 2.14. The van der Waals surface area contributed by atoms with Crippen molar-refractivity contribution in [3.05, 3.63) is 11.8 Å². The van der Waals surface area contributed by atoms with E-state index in [9.17, 15) is 0 Å². The summed E-state index contributed by atoms with van der Waals surface area (Å²) in [5.41, 5.74) is 6.93. The average Bonchev–Trinajstić information content (AvgIpc) is 2.68. The number of anilines is 1. The van der Waals surface area contributed by atoms with Crippen molar-refractivity contribution in [2.75, 3.05) is 18.4 Å². The van der Waals surface area contributed by atoms with Gasteiger partial charge in [0.15, 0.2) is 0 Å². The van der Waals surface area contributed by atoms with E-state index in [4.69, 9.17) is 5.73 Å². The number of nitrogens with one attached hydrogen (secondary N) is 1. The minimum atomic E-state index is 0.386. The molecule has 0 bridgehead atoms. The molecule has 0 saturated carbocycles. The third-order valence-corrected chi connectivity index (χ3v) is 2.97. The summed E-state index contributed by atoms with van der Waals surface area (Å²) < 4.78 is 2.06. The van der Waals surface area contributed by atoms with Crippen molar-refractivity contribution < 1.29 is 0 Å². The molecule has 0 radical (unpaired) electrons. The third-order valence-electron chi connectivity index (χ3n) is 2.97. The number of hydrogen-bond donors (Lipinski definition) is 2. The lowest BCUT2D eigenvalue weighted by molar-refractivity contribution is 0.424. The molecule has 2 rings (SSSR count). The minimum absolute atomic E-state index is 0.386. The second kappa shape index (κ2) is 4.66. The van der Waals surface area contributed by atoms with Crippen molar-refractivity contribution in [2.24, 2.45) is 5.73 Å². The van der Waals surface area contributed by atoms with Gasteiger partial charge in [0.1, 0.15) is 5.82 Å². The van der Waals surface area contributed by atoms with Gasteiger partial charge in [-0.05, 0) is 19.3 Å². The van der Waals surface area contributed by atoms with Crippen LogP contribution in [0.5, 0.6) is 0 Å². The Kier molecular flexibility index (Phi) is 3.26. The predicted molar refractivity (Wildman–Crippen MR) is 62.0 cm³/mol. The lowest BCUT2D eigenvalue weighted by Gasteiger charge is -2.24. The molecule has 0 fully saturated rings. The van der Waals surface area contributed by atoms with E-state index >= 15 is 0 Å². The summed E-state index contributed by atoms with van der Waals surface area (Å²) in [4.78, 5) is 0. The summed E-state index contributed by atoms with van der Waals surface area (Å²) in [5, 5.41) is 7.98. The van der Waals surface area contributed by atoms with Crippen LogP contribution in [0.2, 0.25) is 0 Å². The topological polar surface area (TPSA) is 55.9 Å². The van der Waals surface area contributed by atoms with Gasteiger partial charge in [-0.3, -0.25) is 0 Å². The molecule has 1 aliphatic heterocycles. The van der Waals surface area contributed by atoms with Crippen LogP contribution >= 0.6 is 0 Å². The van der Waals surface area contributed by atoms with Crippen molar-refractivity contribution >= 4 is 5.82 Å². The smallest absolute Gasteiger partial charge is 0.124 e. The highest BCUT2D eigenvalue weighted by Gasteiger charge is 2.19. The highest BCUT2D eigenvalue weighted by atomic mass is 15.4. The number of nitrogens with two attached hydrogens (primary N) is 1. The zero-order chi connectivity index (χ0) is 10.7. The molecule has 84 valence electrons. The summed E-state index contributed by atoms with van der Waals surface area (Å²) in [6, 6.07) is 2.55. The van der Waals surface area contributed by atoms with E-state index < -0.39 is 0 Å². The second-order valence-corrected chi connectivity index (χ2v) is 4.17. The number of rotatable bonds is 4. The van der Waals surface area contributed by atoms with Gasteiger partial charge in [0.2, 0.25) is 0 Å². The largest absolute Gasteiger partial charge is 0.370 e. The van der Waals surface area contributed by atoms with E-state index in [0.29, 0.717) is 12.6 Å². The van der Waals surface area contributed by atoms with Crippen LogP contribution in [0.15, 0.2) is 6.07 Å². The number of hydrogen-bond acceptors (Lipinski definition) is 3. The van der Waals surface area contributed by atoms with Gasteiger partial charge in [0.25, 0.3) is 0 Å². The van der Waals surface area contributed by atoms with Crippen molar-refractivity contribution in [2.45, 2.75) is 38.6 Å². The Hall–Kier alpha value is -1.03. The molecule has 3 N–H and O–H groups in total. The molecule has 1 aromatic heterocycles. The number of aromatic nitrogens is 2. The van der Waals surface area contributed by atoms with E-state index in [2.05, 4.69) is 28.1 Å². The zero-order valence-corrected chi connectivity index (χ0v) is 9.37. The highest BCUT2D eigenvalue weighted by molar-refractivity contribution is 5.39. The van der Waals surface area contributed by atoms with Crippen LogP contribution in [0.4, 0.5) is 5.82 Å². The van der Waals surface area contributed by atoms with Gasteiger partial charge in [-0.1, -0.05) is 13.3 Å². The summed E-state index contributed by atoms with van der Waals surface area (Å²) in [5.74, 6) is 1.14. The average molecular weight is 208 g/mol. The van der Waals surface area contributed by atoms with Crippen molar-refractivity contribution in [1.82, 2.24) is 9.78 Å². The molecule has 4 nitrogen and oxygen atoms in total. The predicted octanol–water partition coefficient (Wildman–Crippen LogP) is 1.54. The molecule has 0 saturated heterocycles. The second-order valence-electron chi connectivity index (χ2n) is 4.17. The molecule has 1 atom stereocenters. The van der Waals surface area contributed by atoms with Crippen LogP contribution < -0.4 is 11.1 Å². The van der Waals surface area contributed by atoms with Crippen molar-refractivity contribution in [3.8, 4) is 0 Å². The molecule has 0 spiro atoms. The fraction of sp³-hybridized carbons (Fsp3) is 0.727. The van der Waals surface area contributed by atoms with Gasteiger partial charge in [-0.15, -0.1) is 0 Å². The maximum Gasteiger partial charge on any atom is 0.124 e. The number of fused-ring (bicyclic) bond motifs is 1. The van der Waals surface area contributed by atoms with E-state index in [1.165, 1.54) is 18.5 Å². The number of nitrogens with zero attached hydrogens (tertiary/aromatic N) is 2. The lowest BCUT2D eigenvalue weighted by Crippen LogP contribution is -2.28. The standard InChI is InChI=1S/C11H20N4/c1-2-3-4-9-7-11-13-6-5-10(8-12)15(11)14-9/h7,10,13H,2-6,8,12H2,1H3. The summed E-state index contributed by atoms with van der Waals surface area (Å²) >= 11 is 0. The van der Waals surface area contributed by atoms with Gasteiger partial charge in [-0.25, -0.2) is 4.68 Å². The molecule has 15 heavy (non-hydrogen) atoms. The molecule has 1 aromatic rings. The molecule has 2 heterocycles. The normalized spacial score (nSPS) is 19.7. The summed E-state index contributed by atoms with van der Waals surface area (Å²) in [6.45, 7) is 3.90. The van der Waals surface area contributed by atoms with Gasteiger partial charge in [-0.2, -0.15) is 5.10 Å². The molecule has 0 aliphatic carbocycles. The first-order valence-corrected chi connectivity index (χ1v) is 5.87. The molecule has 0 aromatic carbocycles. The van der Waals surface area contributed by atoms with E-state index in [1.54, 1.807) is 0 Å². The van der Waals surface area contributed by atoms with Gasteiger partial charge >= 0.3 is 0 Å². The fourth-order valence-electron chi connectivity index (χ4n) is 2.04. The monoisotopic (exact) mass is 208 g/mol. The summed E-state index contributed by atoms with van der Waals surface area (Å²) in [6.07, 6.45) is 4.59. The fourth-order valence-corrected chi connectivity index (χ4v) is 2.04. The third kappa shape index (κ3) is 2.15. The Labute approximate surface area is 90.8 Å². The quantitative estimate of drug-likeness (QED) is 0.789. The first kappa shape index (κ1) is 10.5. The zero-order valence-electron chi connectivity index (χ0n) is 9.37. The maximum absolute atomic E-state index is 5.74. The lowest BCUT2D eigenvalue weighted by atomic mass is 10.2. The van der Waals surface area contributed by atoms with Gasteiger partial charge in [0.05, 0.1) is 11.7 Å². The first-order chi connectivity index (χ1) is 7.35. The maximum atomic E-state index is 5.74. The summed E-state index contributed by atoms with van der Waals surface area (Å²) in [7, 11) is 0. The SMILES string of the molecule is CCCCc1cc2n(n1)C(CN)CCN2. The van der Waals surface area contributed by atoms with Gasteiger partial charge < -0.3 is 11.1 Å². The molecule has 1 unspecified atom stereocenters. The van der Waals surface area contributed by atoms with Crippen LogP contribution in [0, 0.1) is 0 Å². The Morgan fingerprint density at radius 1 is 1.67 bits per heavy atom. The van der Waals surface area contributed by atoms with Crippen LogP contribution in [-0.2, 0) is 6.42 Å². The first-order valence-electron chi connectivity index (χ1n) is 5.87. The van der Waals surface area contributed by atoms with Crippen molar-refractivity contribution in [1.29, 1.82) is 0 Å². The number of aryl methyl sites for hydroxylation is 1.